The maximum absolute atomic E-state index is 10.5. The number of hydrogen-bond acceptors (Lipinski definition) is 3. The predicted octanol–water partition coefficient (Wildman–Crippen LogP) is 0.529. The zero-order valence-electron chi connectivity index (χ0n) is 6.96. The lowest BCUT2D eigenvalue weighted by Gasteiger charge is -2.00. The summed E-state index contributed by atoms with van der Waals surface area (Å²) in [6.07, 6.45) is 0. The Morgan fingerprint density at radius 3 is 2.17 bits per heavy atom. The smallest absolute Gasteiger partial charge is 0.325 e. The fraction of sp³-hybridized carbons (Fsp3) is 0.667. The van der Waals surface area contributed by atoms with Gasteiger partial charge in [-0.3, -0.25) is 9.59 Å². The van der Waals surface area contributed by atoms with Gasteiger partial charge in [-0.25, -0.2) is 0 Å². The van der Waals surface area contributed by atoms with Crippen molar-refractivity contribution in [2.75, 3.05) is 13.2 Å². The van der Waals surface area contributed by atoms with Gasteiger partial charge in [0.25, 0.3) is 0 Å². The number of hydrogen-bond donors (Lipinski definition) is 1. The Kier molecular flexibility index (Phi) is 15.4. The summed E-state index contributed by atoms with van der Waals surface area (Å²) in [4.78, 5) is 20.7. The molecule has 6 heteroatoms. The van der Waals surface area contributed by atoms with Crippen LogP contribution < -0.4 is 5.32 Å². The SMILES string of the molecule is CCOC(=O)CNC(C)=O.Cl.Cl. The van der Waals surface area contributed by atoms with Crippen LogP contribution >= 0.6 is 24.8 Å². The molecule has 0 atom stereocenters. The molecule has 0 radical (unpaired) electrons. The van der Waals surface area contributed by atoms with Crippen LogP contribution in [0.4, 0.5) is 0 Å². The Morgan fingerprint density at radius 1 is 1.33 bits per heavy atom. The van der Waals surface area contributed by atoms with Gasteiger partial charge in [0.15, 0.2) is 0 Å². The highest BCUT2D eigenvalue weighted by Crippen LogP contribution is 1.74. The molecule has 0 bridgehead atoms. The highest BCUT2D eigenvalue weighted by Gasteiger charge is 2.00. The molecule has 0 saturated heterocycles. The molecule has 0 heterocycles. The van der Waals surface area contributed by atoms with Crippen molar-refractivity contribution >= 4 is 36.7 Å². The summed E-state index contributed by atoms with van der Waals surface area (Å²) < 4.78 is 4.54. The second kappa shape index (κ2) is 10.5. The van der Waals surface area contributed by atoms with E-state index in [1.54, 1.807) is 6.92 Å². The molecule has 0 aromatic heterocycles. The summed E-state index contributed by atoms with van der Waals surface area (Å²) in [5.41, 5.74) is 0. The van der Waals surface area contributed by atoms with Crippen LogP contribution in [-0.4, -0.2) is 25.0 Å². The van der Waals surface area contributed by atoms with Crippen LogP contribution in [-0.2, 0) is 14.3 Å². The van der Waals surface area contributed by atoms with E-state index in [4.69, 9.17) is 0 Å². The summed E-state index contributed by atoms with van der Waals surface area (Å²) in [7, 11) is 0. The van der Waals surface area contributed by atoms with Crippen LogP contribution in [0.1, 0.15) is 13.8 Å². The van der Waals surface area contributed by atoms with Gasteiger partial charge < -0.3 is 10.1 Å². The van der Waals surface area contributed by atoms with Crippen LogP contribution in [0.2, 0.25) is 0 Å². The van der Waals surface area contributed by atoms with E-state index in [1.807, 2.05) is 0 Å². The molecular formula is C6H13Cl2NO3. The summed E-state index contributed by atoms with van der Waals surface area (Å²) in [5, 5.41) is 2.32. The first-order valence-corrected chi connectivity index (χ1v) is 3.07. The van der Waals surface area contributed by atoms with Crippen molar-refractivity contribution in [2.24, 2.45) is 0 Å². The van der Waals surface area contributed by atoms with E-state index in [0.717, 1.165) is 0 Å². The van der Waals surface area contributed by atoms with Crippen molar-refractivity contribution in [3.8, 4) is 0 Å². The van der Waals surface area contributed by atoms with Gasteiger partial charge in [-0.2, -0.15) is 0 Å². The first-order valence-electron chi connectivity index (χ1n) is 3.07. The number of esters is 1. The number of halogens is 2. The molecule has 0 rings (SSSR count). The lowest BCUT2D eigenvalue weighted by atomic mass is 10.6. The molecule has 0 unspecified atom stereocenters. The highest BCUT2D eigenvalue weighted by molar-refractivity contribution is 5.85. The molecule has 0 aromatic rings. The van der Waals surface area contributed by atoms with E-state index < -0.39 is 5.97 Å². The summed E-state index contributed by atoms with van der Waals surface area (Å²) in [5.74, 6) is -0.634. The summed E-state index contributed by atoms with van der Waals surface area (Å²) in [6, 6.07) is 0. The maximum Gasteiger partial charge on any atom is 0.325 e. The van der Waals surface area contributed by atoms with Gasteiger partial charge >= 0.3 is 5.97 Å². The largest absolute Gasteiger partial charge is 0.465 e. The molecule has 0 spiro atoms. The van der Waals surface area contributed by atoms with E-state index in [1.165, 1.54) is 6.92 Å². The molecule has 0 aliphatic heterocycles. The van der Waals surface area contributed by atoms with E-state index in [0.29, 0.717) is 6.61 Å². The topological polar surface area (TPSA) is 55.4 Å². The second-order valence-corrected chi connectivity index (χ2v) is 1.71. The zero-order valence-corrected chi connectivity index (χ0v) is 8.59. The second-order valence-electron chi connectivity index (χ2n) is 1.71. The number of nitrogens with one attached hydrogen (secondary N) is 1. The van der Waals surface area contributed by atoms with Gasteiger partial charge in [0.2, 0.25) is 5.91 Å². The molecule has 4 nitrogen and oxygen atoms in total. The molecule has 1 N–H and O–H groups in total. The zero-order chi connectivity index (χ0) is 7.98. The van der Waals surface area contributed by atoms with Crippen LogP contribution in [0.5, 0.6) is 0 Å². The van der Waals surface area contributed by atoms with Crippen molar-refractivity contribution in [3.05, 3.63) is 0 Å². The minimum atomic E-state index is -0.405. The van der Waals surface area contributed by atoms with E-state index in [2.05, 4.69) is 10.1 Å². The van der Waals surface area contributed by atoms with Crippen molar-refractivity contribution in [3.63, 3.8) is 0 Å². The van der Waals surface area contributed by atoms with Crippen molar-refractivity contribution in [1.82, 2.24) is 5.32 Å². The fourth-order valence-corrected chi connectivity index (χ4v) is 0.409. The monoisotopic (exact) mass is 217 g/mol. The number of ether oxygens (including phenoxy) is 1. The molecule has 0 saturated carbocycles. The van der Waals surface area contributed by atoms with Crippen LogP contribution in [0.3, 0.4) is 0 Å². The Morgan fingerprint density at radius 2 is 1.83 bits per heavy atom. The molecule has 0 aliphatic carbocycles. The lowest BCUT2D eigenvalue weighted by Crippen LogP contribution is -2.28. The number of amides is 1. The van der Waals surface area contributed by atoms with Gasteiger partial charge in [0.05, 0.1) is 6.61 Å². The minimum Gasteiger partial charge on any atom is -0.465 e. The van der Waals surface area contributed by atoms with Crippen molar-refractivity contribution in [1.29, 1.82) is 0 Å². The number of rotatable bonds is 3. The van der Waals surface area contributed by atoms with Gasteiger partial charge in [-0.05, 0) is 6.92 Å². The van der Waals surface area contributed by atoms with Gasteiger partial charge in [0.1, 0.15) is 6.54 Å². The van der Waals surface area contributed by atoms with Crippen molar-refractivity contribution < 1.29 is 14.3 Å². The molecule has 12 heavy (non-hydrogen) atoms. The minimum absolute atomic E-state index is 0. The Hall–Kier alpha value is -0.480. The first kappa shape index (κ1) is 17.6. The number of carbonyl (C=O) groups is 2. The van der Waals surface area contributed by atoms with E-state index >= 15 is 0 Å². The quantitative estimate of drug-likeness (QED) is 0.703. The molecule has 0 fully saturated rings. The predicted molar refractivity (Wildman–Crippen MR) is 49.8 cm³/mol. The van der Waals surface area contributed by atoms with E-state index in [9.17, 15) is 9.59 Å². The molecule has 0 aliphatic rings. The molecular weight excluding hydrogens is 205 g/mol. The third-order valence-corrected chi connectivity index (χ3v) is 0.787. The van der Waals surface area contributed by atoms with Gasteiger partial charge in [0, 0.05) is 6.92 Å². The van der Waals surface area contributed by atoms with Gasteiger partial charge in [-0.15, -0.1) is 24.8 Å². The number of carbonyl (C=O) groups excluding carboxylic acids is 2. The van der Waals surface area contributed by atoms with Crippen LogP contribution in [0.15, 0.2) is 0 Å². The average molecular weight is 218 g/mol. The first-order chi connectivity index (χ1) is 4.66. The van der Waals surface area contributed by atoms with Crippen LogP contribution in [0, 0.1) is 0 Å². The van der Waals surface area contributed by atoms with E-state index in [-0.39, 0.29) is 37.3 Å². The molecule has 0 aromatic carbocycles. The van der Waals surface area contributed by atoms with Crippen LogP contribution in [0.25, 0.3) is 0 Å². The third-order valence-electron chi connectivity index (χ3n) is 0.787. The average Bonchev–Trinajstić information content (AvgIpc) is 1.85. The normalized spacial score (nSPS) is 7.17. The van der Waals surface area contributed by atoms with Gasteiger partial charge in [-0.1, -0.05) is 0 Å². The van der Waals surface area contributed by atoms with Crippen molar-refractivity contribution in [2.45, 2.75) is 13.8 Å². The lowest BCUT2D eigenvalue weighted by molar-refractivity contribution is -0.143. The Balaban J connectivity index is -0.000000405. The Labute approximate surface area is 83.9 Å². The fourth-order valence-electron chi connectivity index (χ4n) is 0.409. The third kappa shape index (κ3) is 12.2. The Bertz CT molecular complexity index is 141. The standard InChI is InChI=1S/C6H11NO3.2ClH/c1-3-10-6(9)4-7-5(2)8;;/h3-4H2,1-2H3,(H,7,8);2*1H. The maximum atomic E-state index is 10.5. The summed E-state index contributed by atoms with van der Waals surface area (Å²) >= 11 is 0. The highest BCUT2D eigenvalue weighted by atomic mass is 35.5. The summed E-state index contributed by atoms with van der Waals surface area (Å²) in [6.45, 7) is 3.37. The molecule has 74 valence electrons. The molecule has 1 amide bonds.